The molecule has 0 bridgehead atoms. The second-order valence-electron chi connectivity index (χ2n) is 7.46. The van der Waals surface area contributed by atoms with E-state index < -0.39 is 28.3 Å². The monoisotopic (exact) mass is 473 g/mol. The quantitative estimate of drug-likeness (QED) is 0.490. The first-order chi connectivity index (χ1) is 15.4. The number of thiophene rings is 1. The Balaban J connectivity index is 1.51. The highest BCUT2D eigenvalue weighted by atomic mass is 32.2. The van der Waals surface area contributed by atoms with Gasteiger partial charge in [-0.2, -0.15) is 5.10 Å². The Morgan fingerprint density at radius 1 is 1.22 bits per heavy atom. The number of likely N-dealkylation sites (N-methyl/N-ethyl adjacent to an activating group) is 1. The lowest BCUT2D eigenvalue weighted by molar-refractivity contribution is -0.136. The van der Waals surface area contributed by atoms with Crippen molar-refractivity contribution in [3.8, 4) is 16.3 Å². The van der Waals surface area contributed by atoms with Gasteiger partial charge in [0.2, 0.25) is 0 Å². The number of sulfone groups is 1. The summed E-state index contributed by atoms with van der Waals surface area (Å²) in [6.07, 6.45) is 2.00. The molecule has 32 heavy (non-hydrogen) atoms. The third-order valence-corrected chi connectivity index (χ3v) is 7.97. The summed E-state index contributed by atoms with van der Waals surface area (Å²) >= 11 is 1.45. The summed E-state index contributed by atoms with van der Waals surface area (Å²) in [4.78, 5) is 27.9. The molecule has 0 aliphatic carbocycles. The number of nitrogens with zero attached hydrogens (tertiary/aromatic N) is 3. The molecule has 3 heterocycles. The Bertz CT molecular complexity index is 1200. The van der Waals surface area contributed by atoms with Gasteiger partial charge in [0.15, 0.2) is 16.4 Å². The number of amides is 1. The van der Waals surface area contributed by atoms with Crippen LogP contribution in [0.3, 0.4) is 0 Å². The number of benzene rings is 1. The summed E-state index contributed by atoms with van der Waals surface area (Å²) in [7, 11) is -3.12. The summed E-state index contributed by atoms with van der Waals surface area (Å²) in [6.45, 7) is 1.68. The Hall–Kier alpha value is -2.98. The molecule has 0 N–H and O–H groups in total. The van der Waals surface area contributed by atoms with Crippen LogP contribution in [0.2, 0.25) is 0 Å². The third-order valence-electron chi connectivity index (χ3n) is 5.35. The lowest BCUT2D eigenvalue weighted by Gasteiger charge is -2.26. The van der Waals surface area contributed by atoms with Crippen LogP contribution in [-0.4, -0.2) is 65.7 Å². The number of ether oxygens (including phenoxy) is 1. The van der Waals surface area contributed by atoms with Gasteiger partial charge >= 0.3 is 5.97 Å². The molecule has 1 atom stereocenters. The summed E-state index contributed by atoms with van der Waals surface area (Å²) < 4.78 is 30.5. The Morgan fingerprint density at radius 3 is 2.62 bits per heavy atom. The summed E-state index contributed by atoms with van der Waals surface area (Å²) in [6, 6.07) is 12.7. The van der Waals surface area contributed by atoms with Crippen molar-refractivity contribution in [3.05, 3.63) is 59.6 Å². The molecule has 10 heteroatoms. The molecule has 1 saturated heterocycles. The number of carbonyl (C=O) groups is 2. The van der Waals surface area contributed by atoms with Crippen LogP contribution >= 0.6 is 11.3 Å². The standard InChI is InChI=1S/C22H23N3O5S2/c1-2-24(17-10-12-32(28,29)15-17)20(26)14-30-22(27)18-13-25(16-7-4-3-5-8-16)23-21(18)19-9-6-11-31-19/h3-9,11,13,17H,2,10,12,14-15H2,1H3. The molecule has 1 aliphatic rings. The molecule has 8 nitrogen and oxygen atoms in total. The summed E-state index contributed by atoms with van der Waals surface area (Å²) in [5.74, 6) is -1.04. The first kappa shape index (κ1) is 22.2. The van der Waals surface area contributed by atoms with Crippen molar-refractivity contribution >= 4 is 33.1 Å². The fourth-order valence-electron chi connectivity index (χ4n) is 3.78. The van der Waals surface area contributed by atoms with E-state index in [9.17, 15) is 18.0 Å². The molecule has 0 spiro atoms. The number of aromatic nitrogens is 2. The lowest BCUT2D eigenvalue weighted by Crippen LogP contribution is -2.43. The highest BCUT2D eigenvalue weighted by Gasteiger charge is 2.34. The van der Waals surface area contributed by atoms with Crippen LogP contribution in [0.5, 0.6) is 0 Å². The van der Waals surface area contributed by atoms with Gasteiger partial charge < -0.3 is 9.64 Å². The molecular formula is C22H23N3O5S2. The first-order valence-corrected chi connectivity index (χ1v) is 12.9. The lowest BCUT2D eigenvalue weighted by atomic mass is 10.2. The molecule has 1 unspecified atom stereocenters. The van der Waals surface area contributed by atoms with Crippen molar-refractivity contribution in [1.82, 2.24) is 14.7 Å². The third kappa shape index (κ3) is 4.76. The minimum absolute atomic E-state index is 0.0487. The van der Waals surface area contributed by atoms with Crippen molar-refractivity contribution in [2.24, 2.45) is 0 Å². The van der Waals surface area contributed by atoms with E-state index in [0.29, 0.717) is 18.7 Å². The van der Waals surface area contributed by atoms with Crippen LogP contribution in [0, 0.1) is 0 Å². The second-order valence-corrected chi connectivity index (χ2v) is 10.6. The van der Waals surface area contributed by atoms with Gasteiger partial charge in [0.25, 0.3) is 5.91 Å². The zero-order chi connectivity index (χ0) is 22.7. The number of rotatable bonds is 7. The van der Waals surface area contributed by atoms with Gasteiger partial charge in [-0.1, -0.05) is 24.3 Å². The summed E-state index contributed by atoms with van der Waals surface area (Å²) in [5, 5.41) is 6.46. The highest BCUT2D eigenvalue weighted by Crippen LogP contribution is 2.28. The van der Waals surface area contributed by atoms with Gasteiger partial charge in [-0.15, -0.1) is 11.3 Å². The van der Waals surface area contributed by atoms with Crippen molar-refractivity contribution in [3.63, 3.8) is 0 Å². The molecular weight excluding hydrogens is 450 g/mol. The van der Waals surface area contributed by atoms with Crippen LogP contribution in [0.15, 0.2) is 54.0 Å². The van der Waals surface area contributed by atoms with Gasteiger partial charge in [-0.05, 0) is 36.9 Å². The van der Waals surface area contributed by atoms with Crippen LogP contribution in [0.25, 0.3) is 16.3 Å². The Kier molecular flexibility index (Phi) is 6.43. The first-order valence-electron chi connectivity index (χ1n) is 10.2. The normalized spacial score (nSPS) is 17.2. The Morgan fingerprint density at radius 2 is 2.00 bits per heavy atom. The molecule has 1 aromatic carbocycles. The van der Waals surface area contributed by atoms with Crippen LogP contribution in [0.4, 0.5) is 0 Å². The smallest absolute Gasteiger partial charge is 0.342 e. The van der Waals surface area contributed by atoms with Gasteiger partial charge in [-0.25, -0.2) is 17.9 Å². The fourth-order valence-corrected chi connectivity index (χ4v) is 6.23. The Labute approximate surface area is 190 Å². The predicted molar refractivity (Wildman–Crippen MR) is 122 cm³/mol. The van der Waals surface area contributed by atoms with Crippen molar-refractivity contribution in [2.75, 3.05) is 24.7 Å². The van der Waals surface area contributed by atoms with E-state index >= 15 is 0 Å². The summed E-state index contributed by atoms with van der Waals surface area (Å²) in [5.41, 5.74) is 1.53. The van der Waals surface area contributed by atoms with Crippen LogP contribution in [0.1, 0.15) is 23.7 Å². The van der Waals surface area contributed by atoms with Gasteiger partial charge in [-0.3, -0.25) is 4.79 Å². The van der Waals surface area contributed by atoms with Gasteiger partial charge in [0, 0.05) is 18.8 Å². The predicted octanol–water partition coefficient (Wildman–Crippen LogP) is 2.79. The van der Waals surface area contributed by atoms with Crippen molar-refractivity contribution in [1.29, 1.82) is 0 Å². The van der Waals surface area contributed by atoms with E-state index in [1.165, 1.54) is 16.2 Å². The van der Waals surface area contributed by atoms with Crippen LogP contribution < -0.4 is 0 Å². The maximum atomic E-state index is 12.9. The zero-order valence-electron chi connectivity index (χ0n) is 17.5. The van der Waals surface area contributed by atoms with E-state index in [1.54, 1.807) is 17.8 Å². The molecule has 0 saturated carbocycles. The minimum atomic E-state index is -3.12. The molecule has 1 amide bonds. The van der Waals surface area contributed by atoms with E-state index in [-0.39, 0.29) is 23.1 Å². The van der Waals surface area contributed by atoms with Gasteiger partial charge in [0.1, 0.15) is 11.3 Å². The van der Waals surface area contributed by atoms with E-state index in [1.807, 2.05) is 47.8 Å². The number of hydrogen-bond acceptors (Lipinski definition) is 7. The van der Waals surface area contributed by atoms with E-state index in [0.717, 1.165) is 10.6 Å². The molecule has 168 valence electrons. The van der Waals surface area contributed by atoms with Crippen molar-refractivity contribution < 1.29 is 22.7 Å². The number of hydrogen-bond donors (Lipinski definition) is 0. The fraction of sp³-hybridized carbons (Fsp3) is 0.318. The van der Waals surface area contributed by atoms with E-state index in [2.05, 4.69) is 5.10 Å². The molecule has 1 fully saturated rings. The highest BCUT2D eigenvalue weighted by molar-refractivity contribution is 7.91. The zero-order valence-corrected chi connectivity index (χ0v) is 19.1. The largest absolute Gasteiger partial charge is 0.452 e. The maximum Gasteiger partial charge on any atom is 0.342 e. The van der Waals surface area contributed by atoms with E-state index in [4.69, 9.17) is 4.74 Å². The number of carbonyl (C=O) groups excluding carboxylic acids is 2. The molecule has 4 rings (SSSR count). The van der Waals surface area contributed by atoms with Gasteiger partial charge in [0.05, 0.1) is 22.1 Å². The molecule has 1 aliphatic heterocycles. The van der Waals surface area contributed by atoms with Crippen molar-refractivity contribution in [2.45, 2.75) is 19.4 Å². The topological polar surface area (TPSA) is 98.6 Å². The molecule has 2 aromatic heterocycles. The second kappa shape index (κ2) is 9.25. The average molecular weight is 474 g/mol. The minimum Gasteiger partial charge on any atom is -0.452 e. The SMILES string of the molecule is CCN(C(=O)COC(=O)c1cn(-c2ccccc2)nc1-c1cccs1)C1CCS(=O)(=O)C1. The molecule has 0 radical (unpaired) electrons. The van der Waals surface area contributed by atoms with Crippen LogP contribution in [-0.2, 0) is 19.4 Å². The average Bonchev–Trinajstić information content (AvgIpc) is 3.53. The number of para-hydroxylation sites is 1. The number of esters is 1. The molecule has 3 aromatic rings. The maximum absolute atomic E-state index is 12.9.